The predicted molar refractivity (Wildman–Crippen MR) is 89.9 cm³/mol. The Morgan fingerprint density at radius 2 is 1.82 bits per heavy atom. The van der Waals surface area contributed by atoms with Gasteiger partial charge in [0.25, 0.3) is 0 Å². The summed E-state index contributed by atoms with van der Waals surface area (Å²) in [6, 6.07) is 8.47. The summed E-state index contributed by atoms with van der Waals surface area (Å²) in [6.45, 7) is 3.96. The lowest BCUT2D eigenvalue weighted by atomic mass is 10.1. The number of carbonyl (C=O) groups is 1. The lowest BCUT2D eigenvalue weighted by Gasteiger charge is -2.09. The summed E-state index contributed by atoms with van der Waals surface area (Å²) in [5.41, 5.74) is 0.639. The molecule has 0 aliphatic rings. The molecule has 0 saturated heterocycles. The normalized spacial score (nSPS) is 10.6. The molecule has 0 unspecified atom stereocenters. The standard InChI is InChI=1S/C15H16Cl2N4O/c1-9(2)7-15(22)19-14-6-5-13(20-21-14)18-12-8-10(16)3-4-11(12)17/h3-6,8-9H,7H2,1-2H3,(H,18,20)(H,19,21,22). The van der Waals surface area contributed by atoms with E-state index in [0.29, 0.717) is 39.7 Å². The molecule has 116 valence electrons. The zero-order valence-corrected chi connectivity index (χ0v) is 13.7. The van der Waals surface area contributed by atoms with Crippen LogP contribution in [0.25, 0.3) is 0 Å². The molecule has 0 atom stereocenters. The van der Waals surface area contributed by atoms with E-state index in [4.69, 9.17) is 23.2 Å². The van der Waals surface area contributed by atoms with Crippen molar-refractivity contribution >= 4 is 46.4 Å². The van der Waals surface area contributed by atoms with Crippen LogP contribution in [0.5, 0.6) is 0 Å². The highest BCUT2D eigenvalue weighted by Gasteiger charge is 2.07. The zero-order valence-electron chi connectivity index (χ0n) is 12.2. The number of nitrogens with one attached hydrogen (secondary N) is 2. The molecule has 2 N–H and O–H groups in total. The van der Waals surface area contributed by atoms with Gasteiger partial charge in [-0.05, 0) is 36.2 Å². The molecule has 2 aromatic rings. The lowest BCUT2D eigenvalue weighted by Crippen LogP contribution is -2.15. The van der Waals surface area contributed by atoms with Crippen molar-refractivity contribution in [3.8, 4) is 0 Å². The maximum atomic E-state index is 11.7. The molecule has 0 bridgehead atoms. The number of aromatic nitrogens is 2. The van der Waals surface area contributed by atoms with E-state index in [0.717, 1.165) is 0 Å². The number of amides is 1. The summed E-state index contributed by atoms with van der Waals surface area (Å²) in [5.74, 6) is 1.13. The minimum absolute atomic E-state index is 0.0807. The minimum Gasteiger partial charge on any atom is -0.337 e. The Bertz CT molecular complexity index is 659. The van der Waals surface area contributed by atoms with Gasteiger partial charge in [0.05, 0.1) is 10.7 Å². The zero-order chi connectivity index (χ0) is 16.1. The maximum Gasteiger partial charge on any atom is 0.225 e. The van der Waals surface area contributed by atoms with Gasteiger partial charge in [0.2, 0.25) is 5.91 Å². The number of anilines is 3. The first-order valence-electron chi connectivity index (χ1n) is 6.79. The minimum atomic E-state index is -0.0807. The average Bonchev–Trinajstić information content (AvgIpc) is 2.44. The van der Waals surface area contributed by atoms with E-state index < -0.39 is 0 Å². The summed E-state index contributed by atoms with van der Waals surface area (Å²) in [4.78, 5) is 11.7. The second-order valence-electron chi connectivity index (χ2n) is 5.20. The molecule has 1 aromatic heterocycles. The van der Waals surface area contributed by atoms with Crippen LogP contribution in [0.1, 0.15) is 20.3 Å². The van der Waals surface area contributed by atoms with Crippen LogP contribution in [0.15, 0.2) is 30.3 Å². The van der Waals surface area contributed by atoms with Crippen molar-refractivity contribution in [2.75, 3.05) is 10.6 Å². The number of rotatable bonds is 5. The van der Waals surface area contributed by atoms with Crippen LogP contribution in [0.2, 0.25) is 10.0 Å². The van der Waals surface area contributed by atoms with Crippen molar-refractivity contribution in [1.29, 1.82) is 0 Å². The summed E-state index contributed by atoms with van der Waals surface area (Å²) >= 11 is 12.0. The highest BCUT2D eigenvalue weighted by Crippen LogP contribution is 2.27. The second kappa shape index (κ2) is 7.42. The van der Waals surface area contributed by atoms with E-state index in [1.165, 1.54) is 0 Å². The molecule has 0 aliphatic heterocycles. The second-order valence-corrected chi connectivity index (χ2v) is 6.04. The van der Waals surface area contributed by atoms with Crippen LogP contribution in [0.4, 0.5) is 17.3 Å². The molecule has 0 aliphatic carbocycles. The fourth-order valence-corrected chi connectivity index (χ4v) is 2.10. The van der Waals surface area contributed by atoms with Crippen LogP contribution in [0.3, 0.4) is 0 Å². The quantitative estimate of drug-likeness (QED) is 0.841. The largest absolute Gasteiger partial charge is 0.337 e. The van der Waals surface area contributed by atoms with E-state index >= 15 is 0 Å². The summed E-state index contributed by atoms with van der Waals surface area (Å²) < 4.78 is 0. The molecule has 0 fully saturated rings. The van der Waals surface area contributed by atoms with Gasteiger partial charge >= 0.3 is 0 Å². The molecule has 1 heterocycles. The van der Waals surface area contributed by atoms with Crippen molar-refractivity contribution in [2.24, 2.45) is 5.92 Å². The Morgan fingerprint density at radius 1 is 1.14 bits per heavy atom. The van der Waals surface area contributed by atoms with Crippen molar-refractivity contribution in [3.63, 3.8) is 0 Å². The molecule has 2 rings (SSSR count). The number of hydrogen-bond acceptors (Lipinski definition) is 4. The molecule has 5 nitrogen and oxygen atoms in total. The van der Waals surface area contributed by atoms with Gasteiger partial charge in [-0.25, -0.2) is 0 Å². The summed E-state index contributed by atoms with van der Waals surface area (Å²) in [6.07, 6.45) is 0.444. The Hall–Kier alpha value is -1.85. The molecule has 0 radical (unpaired) electrons. The molecule has 1 aromatic carbocycles. The Morgan fingerprint density at radius 3 is 2.45 bits per heavy atom. The molecule has 0 spiro atoms. The van der Waals surface area contributed by atoms with Crippen LogP contribution >= 0.6 is 23.2 Å². The Balaban J connectivity index is 2.03. The van der Waals surface area contributed by atoms with Crippen molar-refractivity contribution in [1.82, 2.24) is 10.2 Å². The third kappa shape index (κ3) is 4.86. The molecule has 22 heavy (non-hydrogen) atoms. The Labute approximate surface area is 139 Å². The van der Waals surface area contributed by atoms with Gasteiger partial charge in [-0.15, -0.1) is 10.2 Å². The first-order valence-corrected chi connectivity index (χ1v) is 7.55. The van der Waals surface area contributed by atoms with Crippen molar-refractivity contribution < 1.29 is 4.79 Å². The first-order chi connectivity index (χ1) is 10.4. The van der Waals surface area contributed by atoms with Gasteiger partial charge in [0.1, 0.15) is 0 Å². The lowest BCUT2D eigenvalue weighted by molar-refractivity contribution is -0.116. The first kappa shape index (κ1) is 16.5. The summed E-state index contributed by atoms with van der Waals surface area (Å²) in [5, 5.41) is 14.8. The third-order valence-electron chi connectivity index (χ3n) is 2.72. The van der Waals surface area contributed by atoms with E-state index in [1.807, 2.05) is 13.8 Å². The maximum absolute atomic E-state index is 11.7. The van der Waals surface area contributed by atoms with E-state index in [1.54, 1.807) is 30.3 Å². The van der Waals surface area contributed by atoms with Gasteiger partial charge in [-0.2, -0.15) is 0 Å². The van der Waals surface area contributed by atoms with Gasteiger partial charge in [0, 0.05) is 11.4 Å². The van der Waals surface area contributed by atoms with E-state index in [-0.39, 0.29) is 5.91 Å². The summed E-state index contributed by atoms with van der Waals surface area (Å²) in [7, 11) is 0. The molecular weight excluding hydrogens is 323 g/mol. The SMILES string of the molecule is CC(C)CC(=O)Nc1ccc(Nc2cc(Cl)ccc2Cl)nn1. The number of hydrogen-bond donors (Lipinski definition) is 2. The fraction of sp³-hybridized carbons (Fsp3) is 0.267. The smallest absolute Gasteiger partial charge is 0.225 e. The third-order valence-corrected chi connectivity index (χ3v) is 3.28. The highest BCUT2D eigenvalue weighted by molar-refractivity contribution is 6.35. The molecular formula is C15H16Cl2N4O. The predicted octanol–water partition coefficient (Wildman–Crippen LogP) is 4.51. The highest BCUT2D eigenvalue weighted by atomic mass is 35.5. The van der Waals surface area contributed by atoms with Crippen molar-refractivity contribution in [3.05, 3.63) is 40.4 Å². The number of carbonyl (C=O) groups excluding carboxylic acids is 1. The van der Waals surface area contributed by atoms with Gasteiger partial charge in [-0.1, -0.05) is 37.0 Å². The van der Waals surface area contributed by atoms with Gasteiger partial charge in [-0.3, -0.25) is 4.79 Å². The monoisotopic (exact) mass is 338 g/mol. The van der Waals surface area contributed by atoms with Crippen molar-refractivity contribution in [2.45, 2.75) is 20.3 Å². The van der Waals surface area contributed by atoms with Crippen LogP contribution < -0.4 is 10.6 Å². The fourth-order valence-electron chi connectivity index (χ4n) is 1.76. The topological polar surface area (TPSA) is 66.9 Å². The van der Waals surface area contributed by atoms with E-state index in [9.17, 15) is 4.79 Å². The molecule has 0 saturated carbocycles. The number of halogens is 2. The Kier molecular flexibility index (Phi) is 5.57. The van der Waals surface area contributed by atoms with Gasteiger partial charge in [0.15, 0.2) is 11.6 Å². The average molecular weight is 339 g/mol. The van der Waals surface area contributed by atoms with Crippen LogP contribution in [-0.4, -0.2) is 16.1 Å². The van der Waals surface area contributed by atoms with E-state index in [2.05, 4.69) is 20.8 Å². The molecule has 1 amide bonds. The number of benzene rings is 1. The van der Waals surface area contributed by atoms with Crippen LogP contribution in [-0.2, 0) is 4.79 Å². The van der Waals surface area contributed by atoms with Gasteiger partial charge < -0.3 is 10.6 Å². The number of nitrogens with zero attached hydrogens (tertiary/aromatic N) is 2. The van der Waals surface area contributed by atoms with Crippen LogP contribution in [0, 0.1) is 5.92 Å². The molecule has 7 heteroatoms.